The number of carboxylic acids is 1. The highest BCUT2D eigenvalue weighted by Crippen LogP contribution is 2.46. The number of aliphatic hydroxyl groups excluding tert-OH is 2. The van der Waals surface area contributed by atoms with Gasteiger partial charge in [0.25, 0.3) is 0 Å². The number of hydrogen-bond acceptors (Lipinski definition) is 5. The number of pyridine rings is 1. The van der Waals surface area contributed by atoms with Crippen LogP contribution in [0.3, 0.4) is 0 Å². The number of aliphatic carboxylic acids is 1. The lowest BCUT2D eigenvalue weighted by Gasteiger charge is -2.17. The summed E-state index contributed by atoms with van der Waals surface area (Å²) in [6.45, 7) is 4.07. The Balaban J connectivity index is 1.89. The molecule has 2 atom stereocenters. The molecule has 2 aromatic heterocycles. The first-order valence-electron chi connectivity index (χ1n) is 11.6. The molecule has 180 valence electrons. The van der Waals surface area contributed by atoms with Gasteiger partial charge in [-0.1, -0.05) is 38.1 Å². The average Bonchev–Trinajstić information content (AvgIpc) is 3.55. The zero-order valence-electron chi connectivity index (χ0n) is 19.6. The lowest BCUT2D eigenvalue weighted by molar-refractivity contribution is -0.139. The Hall–Kier alpha value is -3.10. The van der Waals surface area contributed by atoms with Crippen LogP contribution >= 0.6 is 0 Å². The Labute approximate surface area is 197 Å². The van der Waals surface area contributed by atoms with Gasteiger partial charge < -0.3 is 15.3 Å². The highest BCUT2D eigenvalue weighted by Gasteiger charge is 2.32. The maximum atomic E-state index is 13.8. The van der Waals surface area contributed by atoms with Crippen molar-refractivity contribution in [2.24, 2.45) is 7.05 Å². The molecule has 1 saturated carbocycles. The summed E-state index contributed by atoms with van der Waals surface area (Å²) >= 11 is 0. The van der Waals surface area contributed by atoms with E-state index in [1.54, 1.807) is 29.0 Å². The van der Waals surface area contributed by atoms with Gasteiger partial charge in [-0.05, 0) is 36.5 Å². The maximum absolute atomic E-state index is 13.8. The fraction of sp³-hybridized carbons (Fsp3) is 0.423. The van der Waals surface area contributed by atoms with Gasteiger partial charge in [0.1, 0.15) is 5.82 Å². The van der Waals surface area contributed by atoms with Crippen molar-refractivity contribution in [3.05, 3.63) is 53.1 Å². The molecule has 2 heterocycles. The second-order valence-corrected chi connectivity index (χ2v) is 9.34. The van der Waals surface area contributed by atoms with E-state index in [2.05, 4.69) is 0 Å². The minimum absolute atomic E-state index is 0.0530. The SMILES string of the molecule is CC(C)c1nc2c(c(C3CC3)nn2C)c(-c2ccc(F)cc2)c1/C=C/C(O)CC(O)CC(=O)O. The molecule has 1 aliphatic carbocycles. The lowest BCUT2D eigenvalue weighted by Crippen LogP contribution is -2.19. The molecule has 0 bridgehead atoms. The van der Waals surface area contributed by atoms with Crippen molar-refractivity contribution in [2.45, 2.75) is 63.6 Å². The molecule has 4 rings (SSSR count). The van der Waals surface area contributed by atoms with Crippen molar-refractivity contribution < 1.29 is 24.5 Å². The van der Waals surface area contributed by atoms with Gasteiger partial charge in [0.15, 0.2) is 5.65 Å². The number of rotatable bonds is 9. The van der Waals surface area contributed by atoms with Gasteiger partial charge in [-0.15, -0.1) is 0 Å². The van der Waals surface area contributed by atoms with E-state index in [9.17, 15) is 19.4 Å². The summed E-state index contributed by atoms with van der Waals surface area (Å²) < 4.78 is 15.6. The number of fused-ring (bicyclic) bond motifs is 1. The molecular formula is C26H30FN3O4. The fourth-order valence-corrected chi connectivity index (χ4v) is 4.36. The second-order valence-electron chi connectivity index (χ2n) is 9.34. The summed E-state index contributed by atoms with van der Waals surface area (Å²) in [6, 6.07) is 6.33. The summed E-state index contributed by atoms with van der Waals surface area (Å²) in [5.74, 6) is -1.03. The van der Waals surface area contributed by atoms with E-state index in [4.69, 9.17) is 15.2 Å². The van der Waals surface area contributed by atoms with Crippen molar-refractivity contribution in [2.75, 3.05) is 0 Å². The molecule has 2 unspecified atom stereocenters. The summed E-state index contributed by atoms with van der Waals surface area (Å²) in [5, 5.41) is 34.9. The standard InChI is InChI=1S/C26H30FN3O4/c1-14(2)24-20(11-10-18(31)12-19(32)13-21(33)34)22(15-6-8-17(27)9-7-15)23-25(16-4-5-16)29-30(3)26(23)28-24/h6-11,14,16,18-19,31-32H,4-5,12-13H2,1-3H3,(H,33,34)/b11-10+. The van der Waals surface area contributed by atoms with Gasteiger partial charge in [0, 0.05) is 30.5 Å². The van der Waals surface area contributed by atoms with E-state index >= 15 is 0 Å². The van der Waals surface area contributed by atoms with Gasteiger partial charge >= 0.3 is 5.97 Å². The quantitative estimate of drug-likeness (QED) is 0.431. The van der Waals surface area contributed by atoms with Crippen LogP contribution in [0.4, 0.5) is 4.39 Å². The number of carbonyl (C=O) groups is 1. The lowest BCUT2D eigenvalue weighted by atomic mass is 9.90. The normalized spacial score (nSPS) is 16.0. The smallest absolute Gasteiger partial charge is 0.305 e. The van der Waals surface area contributed by atoms with Crippen LogP contribution in [0.25, 0.3) is 28.2 Å². The molecule has 0 saturated heterocycles. The molecule has 1 aliphatic rings. The first-order valence-corrected chi connectivity index (χ1v) is 11.6. The largest absolute Gasteiger partial charge is 0.481 e. The average molecular weight is 468 g/mol. The van der Waals surface area contributed by atoms with Crippen molar-refractivity contribution >= 4 is 23.1 Å². The summed E-state index contributed by atoms with van der Waals surface area (Å²) in [4.78, 5) is 15.8. The molecule has 1 fully saturated rings. The highest BCUT2D eigenvalue weighted by atomic mass is 19.1. The highest BCUT2D eigenvalue weighted by molar-refractivity contribution is 6.00. The Kier molecular flexibility index (Phi) is 6.81. The monoisotopic (exact) mass is 467 g/mol. The van der Waals surface area contributed by atoms with E-state index in [0.717, 1.165) is 52.0 Å². The summed E-state index contributed by atoms with van der Waals surface area (Å²) in [6.07, 6.45) is 2.74. The van der Waals surface area contributed by atoms with Crippen molar-refractivity contribution in [1.82, 2.24) is 14.8 Å². The summed E-state index contributed by atoms with van der Waals surface area (Å²) in [5.41, 5.74) is 5.07. The van der Waals surface area contributed by atoms with Crippen LogP contribution in [-0.2, 0) is 11.8 Å². The maximum Gasteiger partial charge on any atom is 0.305 e. The molecule has 7 nitrogen and oxygen atoms in total. The van der Waals surface area contributed by atoms with Crippen LogP contribution in [0.15, 0.2) is 30.3 Å². The van der Waals surface area contributed by atoms with Gasteiger partial charge in [0.2, 0.25) is 0 Å². The third-order valence-corrected chi connectivity index (χ3v) is 6.12. The van der Waals surface area contributed by atoms with E-state index in [1.807, 2.05) is 20.9 Å². The Bertz CT molecular complexity index is 1230. The first kappa shape index (κ1) is 24.0. The first-order chi connectivity index (χ1) is 16.2. The van der Waals surface area contributed by atoms with E-state index in [0.29, 0.717) is 5.92 Å². The van der Waals surface area contributed by atoms with Crippen molar-refractivity contribution in [3.63, 3.8) is 0 Å². The van der Waals surface area contributed by atoms with Crippen LogP contribution in [0.1, 0.15) is 68.3 Å². The second kappa shape index (κ2) is 9.64. The van der Waals surface area contributed by atoms with Crippen molar-refractivity contribution in [1.29, 1.82) is 0 Å². The zero-order valence-corrected chi connectivity index (χ0v) is 19.6. The number of nitrogens with zero attached hydrogens (tertiary/aromatic N) is 3. The third kappa shape index (κ3) is 5.03. The molecule has 0 amide bonds. The van der Waals surface area contributed by atoms with Gasteiger partial charge in [-0.3, -0.25) is 9.48 Å². The molecule has 34 heavy (non-hydrogen) atoms. The van der Waals surface area contributed by atoms with E-state index < -0.39 is 24.6 Å². The van der Waals surface area contributed by atoms with Crippen LogP contribution in [0, 0.1) is 5.82 Å². The van der Waals surface area contributed by atoms with Crippen LogP contribution in [-0.4, -0.2) is 48.3 Å². The number of halogens is 1. The van der Waals surface area contributed by atoms with E-state index in [-0.39, 0.29) is 18.2 Å². The number of aliphatic hydroxyl groups is 2. The summed E-state index contributed by atoms with van der Waals surface area (Å²) in [7, 11) is 1.88. The van der Waals surface area contributed by atoms with Gasteiger partial charge in [0.05, 0.1) is 35.4 Å². The number of benzene rings is 1. The predicted octanol–water partition coefficient (Wildman–Crippen LogP) is 4.38. The number of aryl methyl sites for hydroxylation is 1. The molecule has 1 aromatic carbocycles. The predicted molar refractivity (Wildman–Crippen MR) is 128 cm³/mol. The molecule has 0 radical (unpaired) electrons. The number of hydrogen-bond donors (Lipinski definition) is 3. The third-order valence-electron chi connectivity index (χ3n) is 6.12. The minimum atomic E-state index is -1.15. The molecular weight excluding hydrogens is 437 g/mol. The van der Waals surface area contributed by atoms with Crippen LogP contribution in [0.2, 0.25) is 0 Å². The Morgan fingerprint density at radius 1 is 1.24 bits per heavy atom. The van der Waals surface area contributed by atoms with Crippen LogP contribution < -0.4 is 0 Å². The van der Waals surface area contributed by atoms with E-state index in [1.165, 1.54) is 12.1 Å². The minimum Gasteiger partial charge on any atom is -0.481 e. The molecule has 8 heteroatoms. The topological polar surface area (TPSA) is 108 Å². The Morgan fingerprint density at radius 2 is 1.91 bits per heavy atom. The number of carboxylic acid groups (broad SMARTS) is 1. The molecule has 0 spiro atoms. The molecule has 3 N–H and O–H groups in total. The van der Waals surface area contributed by atoms with Crippen molar-refractivity contribution in [3.8, 4) is 11.1 Å². The Morgan fingerprint density at radius 3 is 2.50 bits per heavy atom. The number of aromatic nitrogens is 3. The van der Waals surface area contributed by atoms with Gasteiger partial charge in [-0.2, -0.15) is 5.10 Å². The van der Waals surface area contributed by atoms with Crippen LogP contribution in [0.5, 0.6) is 0 Å². The fourth-order valence-electron chi connectivity index (χ4n) is 4.36. The van der Waals surface area contributed by atoms with Gasteiger partial charge in [-0.25, -0.2) is 9.37 Å². The molecule has 3 aromatic rings. The molecule has 0 aliphatic heterocycles. The zero-order chi connectivity index (χ0) is 24.6.